The molecule has 2 fully saturated rings. The first-order valence-corrected chi connectivity index (χ1v) is 16.8. The third-order valence-corrected chi connectivity index (χ3v) is 11.7. The Morgan fingerprint density at radius 2 is 2.02 bits per heavy atom. The van der Waals surface area contributed by atoms with Gasteiger partial charge >= 0.3 is 0 Å². The maximum atomic E-state index is 13.3. The highest BCUT2D eigenvalue weighted by Gasteiger charge is 2.44. The summed E-state index contributed by atoms with van der Waals surface area (Å²) in [6, 6.07) is 11.8. The van der Waals surface area contributed by atoms with Gasteiger partial charge in [0.1, 0.15) is 5.75 Å². The van der Waals surface area contributed by atoms with Crippen molar-refractivity contribution in [1.82, 2.24) is 4.72 Å². The van der Waals surface area contributed by atoms with Crippen LogP contribution in [0.1, 0.15) is 53.6 Å². The number of aryl methyl sites for hydroxylation is 1. The fourth-order valence-corrected chi connectivity index (χ4v) is 9.33. The van der Waals surface area contributed by atoms with Gasteiger partial charge in [-0.2, -0.15) is 0 Å². The minimum absolute atomic E-state index is 0.200. The molecule has 2 saturated carbocycles. The van der Waals surface area contributed by atoms with Crippen molar-refractivity contribution in [2.45, 2.75) is 50.0 Å². The Morgan fingerprint density at radius 1 is 1.15 bits per heavy atom. The van der Waals surface area contributed by atoms with Crippen molar-refractivity contribution in [2.75, 3.05) is 30.3 Å². The van der Waals surface area contributed by atoms with Gasteiger partial charge in [-0.1, -0.05) is 29.8 Å². The van der Waals surface area contributed by atoms with Crippen LogP contribution in [0.2, 0.25) is 5.02 Å². The summed E-state index contributed by atoms with van der Waals surface area (Å²) in [6.07, 6.45) is 9.61. The third-order valence-electron chi connectivity index (χ3n) is 9.96. The molecule has 6 nitrogen and oxygen atoms in total. The van der Waals surface area contributed by atoms with E-state index in [0.717, 1.165) is 68.1 Å². The average molecular weight is 581 g/mol. The lowest BCUT2D eigenvalue weighted by atomic mass is 9.68. The van der Waals surface area contributed by atoms with E-state index in [-0.39, 0.29) is 29.1 Å². The highest BCUT2D eigenvalue weighted by atomic mass is 35.5. The van der Waals surface area contributed by atoms with E-state index >= 15 is 0 Å². The van der Waals surface area contributed by atoms with Gasteiger partial charge in [-0.3, -0.25) is 9.52 Å². The van der Waals surface area contributed by atoms with Crippen LogP contribution in [-0.4, -0.2) is 52.6 Å². The Morgan fingerprint density at radius 3 is 2.85 bits per heavy atom. The van der Waals surface area contributed by atoms with Crippen LogP contribution >= 0.6 is 11.6 Å². The number of hydrogen-bond acceptors (Lipinski definition) is 5. The van der Waals surface area contributed by atoms with Crippen molar-refractivity contribution in [2.24, 2.45) is 23.7 Å². The van der Waals surface area contributed by atoms with Crippen LogP contribution in [0, 0.1) is 23.7 Å². The Balaban J connectivity index is 1.29. The molecule has 1 unspecified atom stereocenters. The van der Waals surface area contributed by atoms with Crippen LogP contribution in [0.15, 0.2) is 48.6 Å². The van der Waals surface area contributed by atoms with E-state index in [9.17, 15) is 14.1 Å². The quantitative estimate of drug-likeness (QED) is 0.347. The van der Waals surface area contributed by atoms with E-state index in [0.29, 0.717) is 23.8 Å². The van der Waals surface area contributed by atoms with Gasteiger partial charge in [-0.05, 0) is 110 Å². The molecule has 8 heteroatoms. The van der Waals surface area contributed by atoms with Crippen molar-refractivity contribution in [1.29, 1.82) is 0 Å². The van der Waals surface area contributed by atoms with Crippen molar-refractivity contribution in [3.05, 3.63) is 70.3 Å². The fourth-order valence-electron chi connectivity index (χ4n) is 7.52. The summed E-state index contributed by atoms with van der Waals surface area (Å²) < 4.78 is 22.6. The van der Waals surface area contributed by atoms with Gasteiger partial charge in [0.15, 0.2) is 0 Å². The predicted octanol–water partition coefficient (Wildman–Crippen LogP) is 4.77. The van der Waals surface area contributed by atoms with Gasteiger partial charge in [0.05, 0.1) is 18.4 Å². The van der Waals surface area contributed by atoms with Crippen molar-refractivity contribution in [3.63, 3.8) is 0 Å². The number of anilines is 1. The zero-order valence-corrected chi connectivity index (χ0v) is 24.3. The van der Waals surface area contributed by atoms with Gasteiger partial charge in [0.2, 0.25) is 0 Å². The molecule has 7 atom stereocenters. The molecule has 0 aromatic heterocycles. The zero-order valence-electron chi connectivity index (χ0n) is 22.7. The first kappa shape index (κ1) is 26.4. The molecule has 3 aliphatic carbocycles. The standard InChI is InChI=1S/C32H37ClN2O4S/c1-40(38)17-24-13-20(24)5-10-29(36)26-8-4-23(26)16-35-18-32(12-2-3-21-14-25(33)7-9-27(21)32)19-39-30-11-6-22(15-28(30)35)31(37)34-40/h5-7,9-11,14-15,20,23-24,26,29,36H,1-4,8,12-13,16-19H2,(H,34,37,38)/b10-5+/t20-,23-,24+,26+,29-,32-,40?/m0/s1. The molecule has 5 aliphatic rings. The number of nitrogens with zero attached hydrogens (tertiary/aromatic N) is 1. The number of halogens is 1. The number of nitrogens with one attached hydrogen (secondary N) is 1. The first-order valence-electron chi connectivity index (χ1n) is 14.5. The van der Waals surface area contributed by atoms with Crippen molar-refractivity contribution < 1.29 is 18.8 Å². The van der Waals surface area contributed by atoms with E-state index in [2.05, 4.69) is 33.7 Å². The topological polar surface area (TPSA) is 78.9 Å². The maximum Gasteiger partial charge on any atom is 0.262 e. The lowest BCUT2D eigenvalue weighted by Gasteiger charge is -2.45. The normalized spacial score (nSPS) is 37.5. The number of fused-ring (bicyclic) bond motifs is 5. The van der Waals surface area contributed by atoms with Crippen LogP contribution in [0.5, 0.6) is 5.75 Å². The van der Waals surface area contributed by atoms with E-state index in [1.807, 2.05) is 24.3 Å². The Bertz CT molecular complexity index is 1490. The van der Waals surface area contributed by atoms with Crippen LogP contribution < -0.4 is 14.4 Å². The van der Waals surface area contributed by atoms with Gasteiger partial charge < -0.3 is 14.7 Å². The second-order valence-corrected chi connectivity index (χ2v) is 15.3. The molecule has 2 aliphatic heterocycles. The lowest BCUT2D eigenvalue weighted by molar-refractivity contribution is 0.0455. The number of ether oxygens (including phenoxy) is 1. The number of allylic oxidation sites excluding steroid dienone is 1. The van der Waals surface area contributed by atoms with Gasteiger partial charge in [0, 0.05) is 44.6 Å². The summed E-state index contributed by atoms with van der Waals surface area (Å²) in [6.45, 7) is 2.08. The van der Waals surface area contributed by atoms with Gasteiger partial charge in [-0.25, -0.2) is 4.21 Å². The number of rotatable bonds is 0. The molecule has 0 radical (unpaired) electrons. The number of aliphatic hydroxyl groups is 1. The van der Waals surface area contributed by atoms with Gasteiger partial charge in [-0.15, -0.1) is 0 Å². The number of carbonyl (C=O) groups excluding carboxylic acids is 1. The monoisotopic (exact) mass is 580 g/mol. The van der Waals surface area contributed by atoms with E-state index in [4.69, 9.17) is 16.3 Å². The SMILES string of the molecule is C=S1(=O)C[C@H]2C[C@@H]2/C=C/[C@H](O)[C@@H]2CC[C@H]2CN2C[C@@]3(CCCc4cc(Cl)ccc43)COc3ccc(cc32)C(=O)N1. The summed E-state index contributed by atoms with van der Waals surface area (Å²) in [5, 5.41) is 11.9. The van der Waals surface area contributed by atoms with Crippen LogP contribution in [0.3, 0.4) is 0 Å². The molecule has 2 heterocycles. The van der Waals surface area contributed by atoms with Gasteiger partial charge in [0.25, 0.3) is 5.91 Å². The second-order valence-electron chi connectivity index (χ2n) is 12.7. The Kier molecular flexibility index (Phi) is 6.48. The largest absolute Gasteiger partial charge is 0.490 e. The molecule has 2 bridgehead atoms. The highest BCUT2D eigenvalue weighted by Crippen LogP contribution is 2.47. The molecule has 7 rings (SSSR count). The molecule has 40 heavy (non-hydrogen) atoms. The summed E-state index contributed by atoms with van der Waals surface area (Å²) in [5.41, 5.74) is 3.71. The summed E-state index contributed by atoms with van der Waals surface area (Å²) in [5.74, 6) is 5.67. The molecule has 1 amide bonds. The van der Waals surface area contributed by atoms with Crippen LogP contribution in [0.25, 0.3) is 0 Å². The van der Waals surface area contributed by atoms with E-state index in [1.54, 1.807) is 6.07 Å². The molecular weight excluding hydrogens is 544 g/mol. The van der Waals surface area contributed by atoms with Crippen molar-refractivity contribution in [3.8, 4) is 5.75 Å². The summed E-state index contributed by atoms with van der Waals surface area (Å²) >= 11 is 6.39. The zero-order chi connectivity index (χ0) is 27.6. The number of amides is 1. The smallest absolute Gasteiger partial charge is 0.262 e. The molecule has 2 N–H and O–H groups in total. The van der Waals surface area contributed by atoms with E-state index < -0.39 is 15.8 Å². The molecule has 2 aromatic rings. The molecule has 1 spiro atoms. The first-order chi connectivity index (χ1) is 19.2. The number of carbonyl (C=O) groups is 1. The Hall–Kier alpha value is -2.48. The third kappa shape index (κ3) is 4.84. The maximum absolute atomic E-state index is 13.3. The minimum atomic E-state index is -2.79. The highest BCUT2D eigenvalue weighted by molar-refractivity contribution is 7.99. The predicted molar refractivity (Wildman–Crippen MR) is 161 cm³/mol. The number of aliphatic hydroxyl groups excluding tert-OH is 1. The second kappa shape index (κ2) is 9.81. The number of hydrogen-bond donors (Lipinski definition) is 2. The molecule has 2 aromatic carbocycles. The average Bonchev–Trinajstić information content (AvgIpc) is 3.65. The van der Waals surface area contributed by atoms with E-state index in [1.165, 1.54) is 11.1 Å². The Labute approximate surface area is 241 Å². The van der Waals surface area contributed by atoms with Crippen LogP contribution in [0.4, 0.5) is 5.69 Å². The summed E-state index contributed by atoms with van der Waals surface area (Å²) in [4.78, 5) is 15.7. The minimum Gasteiger partial charge on any atom is -0.490 e. The molecule has 0 saturated heterocycles. The molecular formula is C32H37ClN2O4S. The fraction of sp³-hybridized carbons (Fsp3) is 0.500. The lowest BCUT2D eigenvalue weighted by Crippen LogP contribution is -2.49. The molecule has 212 valence electrons. The number of benzene rings is 2. The summed E-state index contributed by atoms with van der Waals surface area (Å²) in [7, 11) is -2.79. The van der Waals surface area contributed by atoms with Crippen LogP contribution in [-0.2, 0) is 21.5 Å². The van der Waals surface area contributed by atoms with Crippen molar-refractivity contribution >= 4 is 38.8 Å².